The lowest BCUT2D eigenvalue weighted by Crippen LogP contribution is -2.43. The molecule has 41 heavy (non-hydrogen) atoms. The molecule has 1 aliphatic rings. The maximum atomic E-state index is 13.5. The van der Waals surface area contributed by atoms with E-state index >= 15 is 0 Å². The number of para-hydroxylation sites is 1. The van der Waals surface area contributed by atoms with E-state index in [1.54, 1.807) is 65.6 Å². The van der Waals surface area contributed by atoms with Crippen molar-refractivity contribution in [2.45, 2.75) is 0 Å². The third kappa shape index (κ3) is 5.67. The van der Waals surface area contributed by atoms with Crippen LogP contribution in [0.25, 0.3) is 33.5 Å². The number of halogens is 3. The molecule has 6 rings (SSSR count). The van der Waals surface area contributed by atoms with Gasteiger partial charge in [-0.05, 0) is 54.1 Å². The molecule has 0 aliphatic carbocycles. The zero-order valence-electron chi connectivity index (χ0n) is 21.4. The van der Waals surface area contributed by atoms with Crippen LogP contribution in [0.1, 0.15) is 5.56 Å². The second-order valence-electron chi connectivity index (χ2n) is 9.20. The molecule has 0 spiro atoms. The number of carbonyl (C=O) groups excluding carboxylic acids is 1. The number of ether oxygens (including phenoxy) is 2. The van der Waals surface area contributed by atoms with Crippen molar-refractivity contribution in [2.24, 2.45) is 5.10 Å². The highest BCUT2D eigenvalue weighted by atomic mass is 35.5. The van der Waals surface area contributed by atoms with Crippen molar-refractivity contribution in [1.29, 1.82) is 0 Å². The fourth-order valence-electron chi connectivity index (χ4n) is 4.47. The van der Waals surface area contributed by atoms with Crippen molar-refractivity contribution in [3.63, 3.8) is 0 Å². The minimum absolute atomic E-state index is 0.179. The molecule has 0 bridgehead atoms. The Balaban J connectivity index is 1.33. The highest BCUT2D eigenvalue weighted by Gasteiger charge is 2.20. The van der Waals surface area contributed by atoms with Gasteiger partial charge in [-0.15, -0.1) is 0 Å². The smallest absolute Gasteiger partial charge is 0.282 e. The molecule has 208 valence electrons. The van der Waals surface area contributed by atoms with Crippen LogP contribution >= 0.6 is 34.8 Å². The summed E-state index contributed by atoms with van der Waals surface area (Å²) < 4.78 is 18.1. The maximum absolute atomic E-state index is 13.5. The van der Waals surface area contributed by atoms with E-state index in [1.165, 1.54) is 6.21 Å². The largest absolute Gasteiger partial charge is 0.481 e. The fraction of sp³-hybridized carbons (Fsp3) is 0.172. The molecule has 0 radical (unpaired) electrons. The number of rotatable bonds is 6. The Morgan fingerprint density at radius 3 is 2.56 bits per heavy atom. The van der Waals surface area contributed by atoms with Crippen molar-refractivity contribution in [2.75, 3.05) is 32.9 Å². The van der Waals surface area contributed by atoms with E-state index in [9.17, 15) is 9.59 Å². The van der Waals surface area contributed by atoms with Crippen LogP contribution in [-0.4, -0.2) is 59.6 Å². The van der Waals surface area contributed by atoms with Crippen LogP contribution in [0.5, 0.6) is 5.75 Å². The van der Waals surface area contributed by atoms with E-state index < -0.39 is 0 Å². The van der Waals surface area contributed by atoms with Gasteiger partial charge in [-0.1, -0.05) is 46.9 Å². The molecule has 0 saturated carbocycles. The molecular formula is C29H21Cl3N4O5. The van der Waals surface area contributed by atoms with Gasteiger partial charge in [0.15, 0.2) is 18.1 Å². The zero-order chi connectivity index (χ0) is 28.5. The molecule has 3 aromatic carbocycles. The number of benzene rings is 3. The summed E-state index contributed by atoms with van der Waals surface area (Å²) in [6, 6.07) is 17.1. The van der Waals surface area contributed by atoms with Gasteiger partial charge in [-0.2, -0.15) is 9.78 Å². The number of carbonyl (C=O) groups is 1. The van der Waals surface area contributed by atoms with Gasteiger partial charge in [-0.25, -0.2) is 4.98 Å². The molecule has 1 fully saturated rings. The Kier molecular flexibility index (Phi) is 7.68. The monoisotopic (exact) mass is 610 g/mol. The molecule has 0 N–H and O–H groups in total. The zero-order valence-corrected chi connectivity index (χ0v) is 23.6. The number of morpholine rings is 1. The second-order valence-corrected chi connectivity index (χ2v) is 10.5. The summed E-state index contributed by atoms with van der Waals surface area (Å²) in [6.45, 7) is 1.78. The molecule has 12 heteroatoms. The number of hydrogen-bond donors (Lipinski definition) is 0. The summed E-state index contributed by atoms with van der Waals surface area (Å²) in [5, 5.41) is 6.51. The molecule has 9 nitrogen and oxygen atoms in total. The van der Waals surface area contributed by atoms with Crippen molar-refractivity contribution in [1.82, 2.24) is 14.6 Å². The van der Waals surface area contributed by atoms with E-state index in [0.29, 0.717) is 59.1 Å². The Morgan fingerprint density at radius 2 is 1.78 bits per heavy atom. The summed E-state index contributed by atoms with van der Waals surface area (Å²) in [6.07, 6.45) is 1.43. The first-order chi connectivity index (χ1) is 19.9. The van der Waals surface area contributed by atoms with Gasteiger partial charge in [0.25, 0.3) is 11.5 Å². The summed E-state index contributed by atoms with van der Waals surface area (Å²) in [4.78, 5) is 32.3. The van der Waals surface area contributed by atoms with Crippen LogP contribution in [-0.2, 0) is 9.53 Å². The van der Waals surface area contributed by atoms with E-state index in [0.717, 1.165) is 10.1 Å². The number of aromatic nitrogens is 2. The Bertz CT molecular complexity index is 1860. The average molecular weight is 612 g/mol. The Labute approximate surface area is 248 Å². The summed E-state index contributed by atoms with van der Waals surface area (Å²) in [7, 11) is 0. The highest BCUT2D eigenvalue weighted by Crippen LogP contribution is 2.34. The molecule has 0 unspecified atom stereocenters. The van der Waals surface area contributed by atoms with Gasteiger partial charge >= 0.3 is 0 Å². The predicted molar refractivity (Wildman–Crippen MR) is 159 cm³/mol. The molecule has 1 aliphatic heterocycles. The second kappa shape index (κ2) is 11.5. The molecule has 2 aromatic heterocycles. The van der Waals surface area contributed by atoms with Crippen molar-refractivity contribution in [3.05, 3.63) is 91.6 Å². The lowest BCUT2D eigenvalue weighted by molar-refractivity contribution is -0.137. The fourth-order valence-corrected chi connectivity index (χ4v) is 5.26. The predicted octanol–water partition coefficient (Wildman–Crippen LogP) is 5.89. The quantitative estimate of drug-likeness (QED) is 0.222. The third-order valence-corrected chi connectivity index (χ3v) is 7.30. The minimum atomic E-state index is -0.390. The standard InChI is InChI=1S/C29H21Cl3N4O5/c30-19-5-6-24-18(13-19)14-25(41-24)28-34-23-4-2-1-3-20(23)29(38)36(28)33-15-17-11-21(31)27(22(32)12-17)40-16-26(37)35-7-9-39-10-8-35/h1-6,11-15H,7-10,16H2. The summed E-state index contributed by atoms with van der Waals surface area (Å²) in [5.41, 5.74) is 1.19. The molecule has 1 amide bonds. The SMILES string of the molecule is O=C(COc1c(Cl)cc(C=Nn2c(-c3cc4cc(Cl)ccc4o3)nc3ccccc3c2=O)cc1Cl)N1CCOCC1. The van der Waals surface area contributed by atoms with E-state index in [1.807, 2.05) is 0 Å². The van der Waals surface area contributed by atoms with Crippen LogP contribution in [0.4, 0.5) is 0 Å². The van der Waals surface area contributed by atoms with Crippen LogP contribution in [0.3, 0.4) is 0 Å². The van der Waals surface area contributed by atoms with E-state index in [2.05, 4.69) is 10.1 Å². The van der Waals surface area contributed by atoms with Crippen LogP contribution < -0.4 is 10.3 Å². The molecule has 3 heterocycles. The van der Waals surface area contributed by atoms with E-state index in [-0.39, 0.29) is 39.7 Å². The lowest BCUT2D eigenvalue weighted by Gasteiger charge is -2.26. The topological polar surface area (TPSA) is 99.2 Å². The average Bonchev–Trinajstić information content (AvgIpc) is 3.39. The molecule has 0 atom stereocenters. The number of furan rings is 1. The number of fused-ring (bicyclic) bond motifs is 2. The molecule has 5 aromatic rings. The van der Waals surface area contributed by atoms with Crippen molar-refractivity contribution < 1.29 is 18.7 Å². The van der Waals surface area contributed by atoms with Gasteiger partial charge in [0.2, 0.25) is 5.82 Å². The number of amides is 1. The van der Waals surface area contributed by atoms with Gasteiger partial charge in [0.1, 0.15) is 5.58 Å². The van der Waals surface area contributed by atoms with Crippen LogP contribution in [0.15, 0.2) is 75.0 Å². The van der Waals surface area contributed by atoms with Crippen molar-refractivity contribution in [3.8, 4) is 17.3 Å². The third-order valence-electron chi connectivity index (χ3n) is 6.50. The lowest BCUT2D eigenvalue weighted by atomic mass is 10.2. The molecule has 1 saturated heterocycles. The van der Waals surface area contributed by atoms with Gasteiger partial charge < -0.3 is 18.8 Å². The maximum Gasteiger partial charge on any atom is 0.282 e. The van der Waals surface area contributed by atoms with Crippen molar-refractivity contribution >= 4 is 68.8 Å². The van der Waals surface area contributed by atoms with Crippen LogP contribution in [0, 0.1) is 0 Å². The first-order valence-electron chi connectivity index (χ1n) is 12.6. The van der Waals surface area contributed by atoms with Gasteiger partial charge in [-0.3, -0.25) is 9.59 Å². The first-order valence-corrected chi connectivity index (χ1v) is 13.7. The Morgan fingerprint density at radius 1 is 1.02 bits per heavy atom. The van der Waals surface area contributed by atoms with Gasteiger partial charge in [0.05, 0.1) is 40.4 Å². The normalized spacial score (nSPS) is 13.9. The Hall–Kier alpha value is -3.89. The first kappa shape index (κ1) is 27.3. The number of nitrogens with zero attached hydrogens (tertiary/aromatic N) is 4. The van der Waals surface area contributed by atoms with E-state index in [4.69, 9.17) is 48.7 Å². The molecular weight excluding hydrogens is 591 g/mol. The van der Waals surface area contributed by atoms with Gasteiger partial charge in [0, 0.05) is 23.5 Å². The summed E-state index contributed by atoms with van der Waals surface area (Å²) >= 11 is 19.1. The highest BCUT2D eigenvalue weighted by molar-refractivity contribution is 6.37. The minimum Gasteiger partial charge on any atom is -0.481 e. The number of hydrogen-bond acceptors (Lipinski definition) is 7. The summed E-state index contributed by atoms with van der Waals surface area (Å²) in [5.74, 6) is 0.538. The van der Waals surface area contributed by atoms with Crippen LogP contribution in [0.2, 0.25) is 15.1 Å².